The van der Waals surface area contributed by atoms with Crippen LogP contribution in [0.2, 0.25) is 5.02 Å². The molecule has 2 amide bonds. The number of carbonyl (C=O) groups excluding carboxylic acids is 2. The van der Waals surface area contributed by atoms with E-state index in [2.05, 4.69) is 10.3 Å². The Bertz CT molecular complexity index is 1040. The van der Waals surface area contributed by atoms with Crippen molar-refractivity contribution in [1.82, 2.24) is 5.32 Å². The number of alkyl carbamates (subject to hydrolysis) is 1. The highest BCUT2D eigenvalue weighted by atomic mass is 35.5. The number of rotatable bonds is 5. The molecule has 0 bridgehead atoms. The summed E-state index contributed by atoms with van der Waals surface area (Å²) in [6.07, 6.45) is -0.643. The van der Waals surface area contributed by atoms with Gasteiger partial charge in [-0.05, 0) is 39.0 Å². The first kappa shape index (κ1) is 24.7. The molecule has 32 heavy (non-hydrogen) atoms. The van der Waals surface area contributed by atoms with E-state index in [0.29, 0.717) is 21.6 Å². The quantitative estimate of drug-likeness (QED) is 0.652. The van der Waals surface area contributed by atoms with Crippen LogP contribution < -0.4 is 15.0 Å². The van der Waals surface area contributed by atoms with Crippen molar-refractivity contribution in [3.8, 4) is 5.75 Å². The Balaban J connectivity index is 1.79. The number of amidine groups is 1. The maximum atomic E-state index is 12.5. The lowest BCUT2D eigenvalue weighted by molar-refractivity contribution is -0.117. The first-order chi connectivity index (χ1) is 14.9. The summed E-state index contributed by atoms with van der Waals surface area (Å²) in [5.74, 6) is 0.00662. The smallest absolute Gasteiger partial charge is 0.407 e. The van der Waals surface area contributed by atoms with Crippen LogP contribution in [-0.4, -0.2) is 67.6 Å². The summed E-state index contributed by atoms with van der Waals surface area (Å²) < 4.78 is 35.0. The van der Waals surface area contributed by atoms with Crippen LogP contribution in [-0.2, 0) is 19.4 Å². The van der Waals surface area contributed by atoms with Crippen LogP contribution in [0, 0.1) is 0 Å². The molecule has 176 valence electrons. The second-order valence-corrected chi connectivity index (χ2v) is 12.3. The van der Waals surface area contributed by atoms with Crippen molar-refractivity contribution >= 4 is 56.1 Å². The predicted octanol–water partition coefficient (Wildman–Crippen LogP) is 2.86. The lowest BCUT2D eigenvalue weighted by atomic mass is 10.2. The van der Waals surface area contributed by atoms with Crippen LogP contribution in [0.1, 0.15) is 27.2 Å². The molecule has 2 aliphatic rings. The van der Waals surface area contributed by atoms with E-state index in [1.807, 2.05) is 0 Å². The number of halogens is 1. The van der Waals surface area contributed by atoms with Gasteiger partial charge in [0.2, 0.25) is 5.91 Å². The first-order valence-electron chi connectivity index (χ1n) is 9.97. The van der Waals surface area contributed by atoms with Crippen LogP contribution in [0.25, 0.3) is 0 Å². The Labute approximate surface area is 196 Å². The second kappa shape index (κ2) is 9.48. The number of ether oxygens (including phenoxy) is 2. The minimum absolute atomic E-state index is 0.00905. The summed E-state index contributed by atoms with van der Waals surface area (Å²) >= 11 is 7.44. The number of carbonyl (C=O) groups is 2. The van der Waals surface area contributed by atoms with E-state index in [-0.39, 0.29) is 35.8 Å². The van der Waals surface area contributed by atoms with Gasteiger partial charge in [-0.25, -0.2) is 13.2 Å². The molecule has 12 heteroatoms. The molecule has 0 radical (unpaired) electrons. The minimum Gasteiger partial charge on any atom is -0.495 e. The average molecular weight is 504 g/mol. The number of fused-ring (bicyclic) bond motifs is 1. The first-order valence-corrected chi connectivity index (χ1v) is 13.0. The molecule has 9 nitrogen and oxygen atoms in total. The van der Waals surface area contributed by atoms with Gasteiger partial charge < -0.3 is 19.7 Å². The Morgan fingerprint density at radius 3 is 2.69 bits per heavy atom. The molecule has 1 aromatic rings. The summed E-state index contributed by atoms with van der Waals surface area (Å²) in [6.45, 7) is 5.31. The third-order valence-corrected chi connectivity index (χ3v) is 8.14. The van der Waals surface area contributed by atoms with E-state index in [4.69, 9.17) is 21.1 Å². The fourth-order valence-corrected chi connectivity index (χ4v) is 7.54. The molecule has 2 fully saturated rings. The largest absolute Gasteiger partial charge is 0.495 e. The molecule has 0 saturated carbocycles. The zero-order valence-electron chi connectivity index (χ0n) is 18.3. The third-order valence-electron chi connectivity index (χ3n) is 4.69. The number of sulfone groups is 1. The van der Waals surface area contributed by atoms with Gasteiger partial charge in [-0.2, -0.15) is 4.99 Å². The maximum absolute atomic E-state index is 12.5. The highest BCUT2D eigenvalue weighted by Crippen LogP contribution is 2.44. The van der Waals surface area contributed by atoms with Crippen LogP contribution in [0.5, 0.6) is 5.75 Å². The molecular formula is C20H26ClN3O6S2. The van der Waals surface area contributed by atoms with Gasteiger partial charge in [0.25, 0.3) is 0 Å². The molecule has 3 rings (SSSR count). The summed E-state index contributed by atoms with van der Waals surface area (Å²) in [6, 6.07) is 4.63. The van der Waals surface area contributed by atoms with Crippen molar-refractivity contribution < 1.29 is 27.5 Å². The van der Waals surface area contributed by atoms with Crippen molar-refractivity contribution in [1.29, 1.82) is 0 Å². The third kappa shape index (κ3) is 6.08. The molecule has 0 aliphatic carbocycles. The number of thioether (sulfide) groups is 1. The number of hydrogen-bond donors (Lipinski definition) is 1. The van der Waals surface area contributed by atoms with Gasteiger partial charge in [0.15, 0.2) is 15.0 Å². The fraction of sp³-hybridized carbons (Fsp3) is 0.550. The maximum Gasteiger partial charge on any atom is 0.407 e. The molecule has 2 aliphatic heterocycles. The lowest BCUT2D eigenvalue weighted by Crippen LogP contribution is -2.38. The monoisotopic (exact) mass is 503 g/mol. The lowest BCUT2D eigenvalue weighted by Gasteiger charge is -2.26. The Morgan fingerprint density at radius 2 is 2.03 bits per heavy atom. The van der Waals surface area contributed by atoms with E-state index >= 15 is 0 Å². The summed E-state index contributed by atoms with van der Waals surface area (Å²) in [5.41, 5.74) is -0.0841. The van der Waals surface area contributed by atoms with Crippen LogP contribution in [0.4, 0.5) is 10.5 Å². The van der Waals surface area contributed by atoms with E-state index < -0.39 is 27.4 Å². The minimum atomic E-state index is -3.20. The van der Waals surface area contributed by atoms with Gasteiger partial charge >= 0.3 is 6.09 Å². The number of aliphatic imine (C=N–C) groups is 1. The van der Waals surface area contributed by atoms with E-state index in [1.54, 1.807) is 43.9 Å². The molecule has 2 unspecified atom stereocenters. The number of nitrogens with one attached hydrogen (secondary N) is 1. The molecule has 2 saturated heterocycles. The highest BCUT2D eigenvalue weighted by Gasteiger charge is 2.50. The van der Waals surface area contributed by atoms with Crippen LogP contribution in [0.15, 0.2) is 23.2 Å². The topological polar surface area (TPSA) is 114 Å². The zero-order chi connectivity index (χ0) is 23.7. The van der Waals surface area contributed by atoms with Crippen LogP contribution in [0.3, 0.4) is 0 Å². The summed E-state index contributed by atoms with van der Waals surface area (Å²) in [5, 5.41) is 3.10. The molecule has 0 aromatic heterocycles. The van der Waals surface area contributed by atoms with Gasteiger partial charge in [0, 0.05) is 23.2 Å². The molecule has 2 atom stereocenters. The van der Waals surface area contributed by atoms with Crippen molar-refractivity contribution in [2.75, 3.05) is 30.1 Å². The van der Waals surface area contributed by atoms with Gasteiger partial charge in [0.05, 0.1) is 30.3 Å². The van der Waals surface area contributed by atoms with Crippen molar-refractivity contribution in [2.45, 2.75) is 44.1 Å². The van der Waals surface area contributed by atoms with Gasteiger partial charge in [-0.3, -0.25) is 4.79 Å². The Morgan fingerprint density at radius 1 is 1.31 bits per heavy atom. The number of benzene rings is 1. The van der Waals surface area contributed by atoms with E-state index in [0.717, 1.165) is 0 Å². The summed E-state index contributed by atoms with van der Waals surface area (Å²) in [7, 11) is -1.70. The Kier molecular flexibility index (Phi) is 7.31. The Hall–Kier alpha value is -1.98. The molecular weight excluding hydrogens is 478 g/mol. The number of methoxy groups -OCH3 is 1. The molecule has 2 heterocycles. The van der Waals surface area contributed by atoms with Crippen molar-refractivity contribution in [3.63, 3.8) is 0 Å². The average Bonchev–Trinajstić information content (AvgIpc) is 3.10. The normalized spacial score (nSPS) is 23.2. The number of anilines is 1. The SMILES string of the molecule is COc1ccc(Cl)cc1N1C(=NC(=O)CCNC(=O)OC(C)(C)C)SC2CS(=O)(=O)CC21. The second-order valence-electron chi connectivity index (χ2n) is 8.45. The molecule has 1 N–H and O–H groups in total. The standard InChI is InChI=1S/C20H26ClN3O6S2/c1-20(2,3)30-19(26)22-8-7-17(25)23-18-24(13-9-12(21)5-6-15(13)29-4)14-10-32(27,28)11-16(14)31-18/h5-6,9,14,16H,7-8,10-11H2,1-4H3,(H,22,26). The highest BCUT2D eigenvalue weighted by molar-refractivity contribution is 8.16. The van der Waals surface area contributed by atoms with E-state index in [9.17, 15) is 18.0 Å². The molecule has 1 aromatic carbocycles. The van der Waals surface area contributed by atoms with Crippen molar-refractivity contribution in [3.05, 3.63) is 23.2 Å². The zero-order valence-corrected chi connectivity index (χ0v) is 20.6. The number of nitrogens with zero attached hydrogens (tertiary/aromatic N) is 2. The van der Waals surface area contributed by atoms with Crippen molar-refractivity contribution in [2.24, 2.45) is 4.99 Å². The number of amides is 2. The summed E-state index contributed by atoms with van der Waals surface area (Å²) in [4.78, 5) is 30.2. The van der Waals surface area contributed by atoms with Crippen LogP contribution >= 0.6 is 23.4 Å². The van der Waals surface area contributed by atoms with E-state index in [1.165, 1.54) is 18.9 Å². The number of hydrogen-bond acceptors (Lipinski definition) is 7. The predicted molar refractivity (Wildman–Crippen MR) is 126 cm³/mol. The molecule has 0 spiro atoms. The van der Waals surface area contributed by atoms with Gasteiger partial charge in [-0.15, -0.1) is 0 Å². The van der Waals surface area contributed by atoms with Gasteiger partial charge in [-0.1, -0.05) is 23.4 Å². The van der Waals surface area contributed by atoms with Gasteiger partial charge in [0.1, 0.15) is 11.4 Å². The fourth-order valence-electron chi connectivity index (χ4n) is 3.45.